The first-order chi connectivity index (χ1) is 11.9. The fraction of sp³-hybridized carbons (Fsp3) is 0.562. The summed E-state index contributed by atoms with van der Waals surface area (Å²) in [5.41, 5.74) is -0.607. The SMILES string of the molecule is CC(C)(C)OC(=O)N1CCC(CNS(=O)(=O)c2cc(Br)c(F)cc2F)C1. The van der Waals surface area contributed by atoms with Gasteiger partial charge < -0.3 is 9.64 Å². The average molecular weight is 455 g/mol. The van der Waals surface area contributed by atoms with Gasteiger partial charge in [-0.15, -0.1) is 0 Å². The van der Waals surface area contributed by atoms with Gasteiger partial charge in [0.15, 0.2) is 0 Å². The maximum absolute atomic E-state index is 13.8. The Labute approximate surface area is 160 Å². The van der Waals surface area contributed by atoms with Crippen LogP contribution in [-0.2, 0) is 14.8 Å². The minimum absolute atomic E-state index is 0.0378. The highest BCUT2D eigenvalue weighted by molar-refractivity contribution is 9.10. The van der Waals surface area contributed by atoms with Gasteiger partial charge in [0.1, 0.15) is 22.1 Å². The van der Waals surface area contributed by atoms with Gasteiger partial charge in [0.05, 0.1) is 4.47 Å². The van der Waals surface area contributed by atoms with Crippen molar-refractivity contribution in [2.45, 2.75) is 37.7 Å². The van der Waals surface area contributed by atoms with Crippen molar-refractivity contribution < 1.29 is 26.7 Å². The summed E-state index contributed by atoms with van der Waals surface area (Å²) in [5, 5.41) is 0. The maximum Gasteiger partial charge on any atom is 0.410 e. The van der Waals surface area contributed by atoms with Crippen LogP contribution >= 0.6 is 15.9 Å². The molecule has 1 aromatic carbocycles. The summed E-state index contributed by atoms with van der Waals surface area (Å²) in [6, 6.07) is 1.40. The molecule has 10 heteroatoms. The lowest BCUT2D eigenvalue weighted by atomic mass is 10.1. The van der Waals surface area contributed by atoms with Crippen molar-refractivity contribution in [2.75, 3.05) is 19.6 Å². The summed E-state index contributed by atoms with van der Waals surface area (Å²) >= 11 is 2.85. The van der Waals surface area contributed by atoms with E-state index >= 15 is 0 Å². The number of sulfonamides is 1. The number of hydrogen-bond acceptors (Lipinski definition) is 4. The fourth-order valence-electron chi connectivity index (χ4n) is 2.51. The number of nitrogens with zero attached hydrogens (tertiary/aromatic N) is 1. The summed E-state index contributed by atoms with van der Waals surface area (Å²) in [4.78, 5) is 12.9. The number of carbonyl (C=O) groups excluding carboxylic acids is 1. The minimum atomic E-state index is -4.14. The second kappa shape index (κ2) is 7.77. The molecular weight excluding hydrogens is 434 g/mol. The monoisotopic (exact) mass is 454 g/mol. The van der Waals surface area contributed by atoms with E-state index in [0.29, 0.717) is 25.6 Å². The zero-order valence-corrected chi connectivity index (χ0v) is 17.1. The van der Waals surface area contributed by atoms with Gasteiger partial charge in [0.2, 0.25) is 10.0 Å². The predicted octanol–water partition coefficient (Wildman–Crippen LogP) is 3.26. The molecule has 0 saturated carbocycles. The van der Waals surface area contributed by atoms with E-state index in [2.05, 4.69) is 20.7 Å². The molecule has 1 unspecified atom stereocenters. The Bertz CT molecular complexity index is 796. The zero-order valence-electron chi connectivity index (χ0n) is 14.7. The largest absolute Gasteiger partial charge is 0.444 e. The summed E-state index contributed by atoms with van der Waals surface area (Å²) in [6.07, 6.45) is 0.147. The van der Waals surface area contributed by atoms with Gasteiger partial charge in [-0.3, -0.25) is 0 Å². The molecular formula is C16H21BrF2N2O4S. The van der Waals surface area contributed by atoms with E-state index in [9.17, 15) is 22.0 Å². The minimum Gasteiger partial charge on any atom is -0.444 e. The van der Waals surface area contributed by atoms with E-state index in [-0.39, 0.29) is 16.9 Å². The molecule has 2 rings (SSSR count). The van der Waals surface area contributed by atoms with Crippen LogP contribution in [0.3, 0.4) is 0 Å². The van der Waals surface area contributed by atoms with Gasteiger partial charge in [-0.2, -0.15) is 0 Å². The number of nitrogens with one attached hydrogen (secondary N) is 1. The number of halogens is 3. The van der Waals surface area contributed by atoms with Crippen LogP contribution < -0.4 is 4.72 Å². The second-order valence-corrected chi connectivity index (χ2v) is 9.72. The molecule has 1 N–H and O–H groups in total. The molecule has 146 valence electrons. The molecule has 1 atom stereocenters. The maximum atomic E-state index is 13.8. The lowest BCUT2D eigenvalue weighted by Crippen LogP contribution is -2.36. The van der Waals surface area contributed by atoms with Crippen molar-refractivity contribution in [1.29, 1.82) is 0 Å². The molecule has 1 fully saturated rings. The Morgan fingerprint density at radius 2 is 2.00 bits per heavy atom. The van der Waals surface area contributed by atoms with Crippen LogP contribution in [0.15, 0.2) is 21.5 Å². The third kappa shape index (κ3) is 5.37. The number of rotatable bonds is 4. The smallest absolute Gasteiger partial charge is 0.410 e. The molecule has 1 amide bonds. The number of amides is 1. The van der Waals surface area contributed by atoms with Crippen molar-refractivity contribution in [1.82, 2.24) is 9.62 Å². The number of likely N-dealkylation sites (tertiary alicyclic amines) is 1. The summed E-state index contributed by atoms with van der Waals surface area (Å²) in [7, 11) is -4.14. The molecule has 1 heterocycles. The average Bonchev–Trinajstić information content (AvgIpc) is 2.96. The van der Waals surface area contributed by atoms with E-state index < -0.39 is 38.2 Å². The van der Waals surface area contributed by atoms with Crippen molar-refractivity contribution in [2.24, 2.45) is 5.92 Å². The van der Waals surface area contributed by atoms with Crippen LogP contribution in [0.4, 0.5) is 13.6 Å². The van der Waals surface area contributed by atoms with E-state index in [0.717, 1.165) is 6.07 Å². The summed E-state index contributed by atoms with van der Waals surface area (Å²) < 4.78 is 59.1. The molecule has 26 heavy (non-hydrogen) atoms. The predicted molar refractivity (Wildman–Crippen MR) is 95.2 cm³/mol. The van der Waals surface area contributed by atoms with Gasteiger partial charge in [0.25, 0.3) is 0 Å². The first-order valence-corrected chi connectivity index (χ1v) is 10.3. The fourth-order valence-corrected chi connectivity index (χ4v) is 4.20. The topological polar surface area (TPSA) is 75.7 Å². The number of benzene rings is 1. The van der Waals surface area contributed by atoms with Crippen molar-refractivity contribution in [3.8, 4) is 0 Å². The lowest BCUT2D eigenvalue weighted by Gasteiger charge is -2.24. The zero-order chi connectivity index (χ0) is 19.7. The Morgan fingerprint density at radius 3 is 2.62 bits per heavy atom. The number of hydrogen-bond donors (Lipinski definition) is 1. The molecule has 0 bridgehead atoms. The van der Waals surface area contributed by atoms with Crippen LogP contribution in [-0.4, -0.2) is 44.6 Å². The molecule has 1 aromatic rings. The Hall–Kier alpha value is -1.26. The lowest BCUT2D eigenvalue weighted by molar-refractivity contribution is 0.0288. The molecule has 1 aliphatic heterocycles. The van der Waals surface area contributed by atoms with Crippen molar-refractivity contribution in [3.05, 3.63) is 28.2 Å². The van der Waals surface area contributed by atoms with E-state index in [4.69, 9.17) is 4.74 Å². The van der Waals surface area contributed by atoms with Gasteiger partial charge >= 0.3 is 6.09 Å². The highest BCUT2D eigenvalue weighted by Crippen LogP contribution is 2.24. The first-order valence-electron chi connectivity index (χ1n) is 8.01. The van der Waals surface area contributed by atoms with Gasteiger partial charge in [-0.05, 0) is 55.1 Å². The quantitative estimate of drug-likeness (QED) is 0.708. The Kier molecular flexibility index (Phi) is 6.29. The van der Waals surface area contributed by atoms with Crippen LogP contribution in [0.2, 0.25) is 0 Å². The molecule has 0 spiro atoms. The molecule has 6 nitrogen and oxygen atoms in total. The third-order valence-corrected chi connectivity index (χ3v) is 5.81. The summed E-state index contributed by atoms with van der Waals surface area (Å²) in [5.74, 6) is -2.17. The normalized spacial score (nSPS) is 18.2. The standard InChI is InChI=1S/C16H21BrF2N2O4S/c1-16(2,3)25-15(22)21-5-4-10(9-21)8-20-26(23,24)14-6-11(17)12(18)7-13(14)19/h6-7,10,20H,4-5,8-9H2,1-3H3. The number of carbonyl (C=O) groups is 1. The van der Waals surface area contributed by atoms with E-state index in [1.807, 2.05) is 0 Å². The van der Waals surface area contributed by atoms with E-state index in [1.165, 1.54) is 4.90 Å². The Morgan fingerprint density at radius 1 is 1.35 bits per heavy atom. The van der Waals surface area contributed by atoms with Crippen LogP contribution in [0.25, 0.3) is 0 Å². The van der Waals surface area contributed by atoms with Crippen LogP contribution in [0.5, 0.6) is 0 Å². The highest BCUT2D eigenvalue weighted by Gasteiger charge is 2.31. The highest BCUT2D eigenvalue weighted by atomic mass is 79.9. The molecule has 1 aliphatic rings. The Balaban J connectivity index is 1.97. The third-order valence-electron chi connectivity index (χ3n) is 3.76. The van der Waals surface area contributed by atoms with Crippen molar-refractivity contribution in [3.63, 3.8) is 0 Å². The second-order valence-electron chi connectivity index (χ2n) is 7.13. The van der Waals surface area contributed by atoms with Gasteiger partial charge in [0, 0.05) is 25.7 Å². The molecule has 0 aliphatic carbocycles. The first kappa shape index (κ1) is 21.0. The van der Waals surface area contributed by atoms with Crippen molar-refractivity contribution >= 4 is 32.0 Å². The van der Waals surface area contributed by atoms with Crippen LogP contribution in [0.1, 0.15) is 27.2 Å². The molecule has 0 radical (unpaired) electrons. The molecule has 1 saturated heterocycles. The summed E-state index contributed by atoms with van der Waals surface area (Å²) in [6.45, 7) is 6.13. The van der Waals surface area contributed by atoms with Gasteiger partial charge in [-0.25, -0.2) is 26.7 Å². The van der Waals surface area contributed by atoms with Gasteiger partial charge in [-0.1, -0.05) is 0 Å². The number of ether oxygens (including phenoxy) is 1. The van der Waals surface area contributed by atoms with Crippen LogP contribution in [0, 0.1) is 17.6 Å². The molecule has 0 aromatic heterocycles. The van der Waals surface area contributed by atoms with E-state index in [1.54, 1.807) is 20.8 Å².